The molecule has 1 saturated heterocycles. The highest BCUT2D eigenvalue weighted by molar-refractivity contribution is 5.94. The van der Waals surface area contributed by atoms with E-state index in [0.717, 1.165) is 0 Å². The van der Waals surface area contributed by atoms with Gasteiger partial charge in [0.2, 0.25) is 5.91 Å². The third-order valence-corrected chi connectivity index (χ3v) is 4.16. The number of benzene rings is 2. The Kier molecular flexibility index (Phi) is 5.40. The van der Waals surface area contributed by atoms with E-state index in [0.29, 0.717) is 37.4 Å². The van der Waals surface area contributed by atoms with Crippen LogP contribution in [-0.4, -0.2) is 54.3 Å². The molecule has 0 bridgehead atoms. The van der Waals surface area contributed by atoms with Gasteiger partial charge >= 0.3 is 0 Å². The number of carbonyl (C=O) groups is 2. The Morgan fingerprint density at radius 3 is 2.36 bits per heavy atom. The van der Waals surface area contributed by atoms with Gasteiger partial charge in [-0.25, -0.2) is 4.39 Å². The van der Waals surface area contributed by atoms with Crippen LogP contribution in [0.3, 0.4) is 0 Å². The molecule has 1 aliphatic heterocycles. The van der Waals surface area contributed by atoms with Gasteiger partial charge in [-0.1, -0.05) is 24.3 Å². The third-order valence-electron chi connectivity index (χ3n) is 4.16. The van der Waals surface area contributed by atoms with Crippen LogP contribution in [0.1, 0.15) is 10.4 Å². The van der Waals surface area contributed by atoms with Gasteiger partial charge < -0.3 is 10.2 Å². The molecule has 0 spiro atoms. The van der Waals surface area contributed by atoms with Crippen LogP contribution < -0.4 is 5.32 Å². The van der Waals surface area contributed by atoms with E-state index in [1.54, 1.807) is 29.2 Å². The summed E-state index contributed by atoms with van der Waals surface area (Å²) in [6, 6.07) is 15.0. The lowest BCUT2D eigenvalue weighted by atomic mass is 10.2. The summed E-state index contributed by atoms with van der Waals surface area (Å²) in [7, 11) is 0. The first-order chi connectivity index (χ1) is 12.1. The van der Waals surface area contributed by atoms with Crippen molar-refractivity contribution in [2.75, 3.05) is 38.0 Å². The molecule has 25 heavy (non-hydrogen) atoms. The van der Waals surface area contributed by atoms with E-state index >= 15 is 0 Å². The van der Waals surface area contributed by atoms with Gasteiger partial charge in [-0.2, -0.15) is 0 Å². The van der Waals surface area contributed by atoms with Crippen molar-refractivity contribution >= 4 is 17.5 Å². The van der Waals surface area contributed by atoms with Gasteiger partial charge in [0.05, 0.1) is 6.54 Å². The Bertz CT molecular complexity index is 743. The number of halogens is 1. The molecule has 2 aromatic carbocycles. The topological polar surface area (TPSA) is 52.7 Å². The summed E-state index contributed by atoms with van der Waals surface area (Å²) in [4.78, 5) is 28.3. The molecule has 0 aromatic heterocycles. The van der Waals surface area contributed by atoms with Crippen LogP contribution in [0.15, 0.2) is 54.6 Å². The van der Waals surface area contributed by atoms with E-state index in [1.165, 1.54) is 12.1 Å². The third kappa shape index (κ3) is 4.64. The highest BCUT2D eigenvalue weighted by atomic mass is 19.1. The summed E-state index contributed by atoms with van der Waals surface area (Å²) >= 11 is 0. The lowest BCUT2D eigenvalue weighted by Crippen LogP contribution is -2.50. The zero-order valence-corrected chi connectivity index (χ0v) is 13.8. The first kappa shape index (κ1) is 17.1. The maximum Gasteiger partial charge on any atom is 0.253 e. The van der Waals surface area contributed by atoms with E-state index in [4.69, 9.17) is 0 Å². The molecule has 5 nitrogen and oxygen atoms in total. The lowest BCUT2D eigenvalue weighted by molar-refractivity contribution is -0.117. The minimum absolute atomic E-state index is 0.0180. The Morgan fingerprint density at radius 1 is 0.960 bits per heavy atom. The smallest absolute Gasteiger partial charge is 0.253 e. The van der Waals surface area contributed by atoms with Gasteiger partial charge in [-0.05, 0) is 30.3 Å². The summed E-state index contributed by atoms with van der Waals surface area (Å²) in [5, 5.41) is 2.69. The van der Waals surface area contributed by atoms with Crippen molar-refractivity contribution in [3.8, 4) is 0 Å². The Hall–Kier alpha value is -2.73. The first-order valence-corrected chi connectivity index (χ1v) is 8.24. The number of nitrogens with one attached hydrogen (secondary N) is 1. The second-order valence-electron chi connectivity index (χ2n) is 5.99. The minimum atomic E-state index is -0.383. The van der Waals surface area contributed by atoms with E-state index in [2.05, 4.69) is 5.32 Å². The second-order valence-corrected chi connectivity index (χ2v) is 5.99. The molecule has 2 aromatic rings. The molecule has 0 unspecified atom stereocenters. The first-order valence-electron chi connectivity index (χ1n) is 8.24. The Labute approximate surface area is 146 Å². The monoisotopic (exact) mass is 341 g/mol. The SMILES string of the molecule is O=C(CN1CCN(C(=O)c2ccccc2)CC1)Nc1cccc(F)c1. The Balaban J connectivity index is 1.47. The van der Waals surface area contributed by atoms with Gasteiger partial charge in [-0.15, -0.1) is 0 Å². The summed E-state index contributed by atoms with van der Waals surface area (Å²) < 4.78 is 13.1. The zero-order valence-electron chi connectivity index (χ0n) is 13.8. The fourth-order valence-corrected chi connectivity index (χ4v) is 2.84. The predicted molar refractivity (Wildman–Crippen MR) is 93.8 cm³/mol. The Morgan fingerprint density at radius 2 is 1.68 bits per heavy atom. The number of carbonyl (C=O) groups excluding carboxylic acids is 2. The summed E-state index contributed by atoms with van der Waals surface area (Å²) in [5.41, 5.74) is 1.13. The van der Waals surface area contributed by atoms with Gasteiger partial charge in [0.15, 0.2) is 0 Å². The molecule has 0 saturated carbocycles. The molecule has 130 valence electrons. The quantitative estimate of drug-likeness (QED) is 0.928. The minimum Gasteiger partial charge on any atom is -0.336 e. The molecule has 3 rings (SSSR count). The maximum absolute atomic E-state index is 13.1. The van der Waals surface area contributed by atoms with Gasteiger partial charge in [0.1, 0.15) is 5.82 Å². The summed E-state index contributed by atoms with van der Waals surface area (Å²) in [6.07, 6.45) is 0. The molecule has 1 heterocycles. The van der Waals surface area contributed by atoms with Crippen LogP contribution in [-0.2, 0) is 4.79 Å². The summed E-state index contributed by atoms with van der Waals surface area (Å²) in [5.74, 6) is -0.552. The average Bonchev–Trinajstić information content (AvgIpc) is 2.62. The molecule has 1 aliphatic rings. The van der Waals surface area contributed by atoms with E-state index in [-0.39, 0.29) is 24.2 Å². The second kappa shape index (κ2) is 7.90. The standard InChI is InChI=1S/C19H20FN3O2/c20-16-7-4-8-17(13-16)21-18(24)14-22-9-11-23(12-10-22)19(25)15-5-2-1-3-6-15/h1-8,13H,9-12,14H2,(H,21,24). The number of rotatable bonds is 4. The van der Waals surface area contributed by atoms with Crippen molar-refractivity contribution in [2.45, 2.75) is 0 Å². The van der Waals surface area contributed by atoms with Crippen molar-refractivity contribution in [1.82, 2.24) is 9.80 Å². The van der Waals surface area contributed by atoms with Crippen molar-refractivity contribution in [3.63, 3.8) is 0 Å². The number of anilines is 1. The molecule has 0 atom stereocenters. The van der Waals surface area contributed by atoms with Gasteiger partial charge in [0.25, 0.3) is 5.91 Å². The number of amides is 2. The van der Waals surface area contributed by atoms with Crippen molar-refractivity contribution < 1.29 is 14.0 Å². The molecular formula is C19H20FN3O2. The fraction of sp³-hybridized carbons (Fsp3) is 0.263. The van der Waals surface area contributed by atoms with E-state index < -0.39 is 0 Å². The number of nitrogens with zero attached hydrogens (tertiary/aromatic N) is 2. The van der Waals surface area contributed by atoms with Crippen molar-refractivity contribution in [1.29, 1.82) is 0 Å². The lowest BCUT2D eigenvalue weighted by Gasteiger charge is -2.34. The number of hydrogen-bond donors (Lipinski definition) is 1. The van der Waals surface area contributed by atoms with Crippen LogP contribution in [0.4, 0.5) is 10.1 Å². The van der Waals surface area contributed by atoms with Crippen LogP contribution in [0.2, 0.25) is 0 Å². The zero-order chi connectivity index (χ0) is 17.6. The van der Waals surface area contributed by atoms with E-state index in [9.17, 15) is 14.0 Å². The fourth-order valence-electron chi connectivity index (χ4n) is 2.84. The normalized spacial score (nSPS) is 15.0. The van der Waals surface area contributed by atoms with Crippen molar-refractivity contribution in [2.24, 2.45) is 0 Å². The van der Waals surface area contributed by atoms with Crippen LogP contribution in [0.5, 0.6) is 0 Å². The molecule has 6 heteroatoms. The molecule has 0 radical (unpaired) electrons. The van der Waals surface area contributed by atoms with E-state index in [1.807, 2.05) is 23.1 Å². The highest BCUT2D eigenvalue weighted by Crippen LogP contribution is 2.11. The number of hydrogen-bond acceptors (Lipinski definition) is 3. The van der Waals surface area contributed by atoms with Crippen LogP contribution in [0, 0.1) is 5.82 Å². The van der Waals surface area contributed by atoms with Crippen LogP contribution >= 0.6 is 0 Å². The predicted octanol–water partition coefficient (Wildman–Crippen LogP) is 2.22. The van der Waals surface area contributed by atoms with Gasteiger partial charge in [0, 0.05) is 37.4 Å². The molecule has 0 aliphatic carbocycles. The highest BCUT2D eigenvalue weighted by Gasteiger charge is 2.23. The molecule has 1 N–H and O–H groups in total. The molecule has 2 amide bonds. The van der Waals surface area contributed by atoms with Crippen LogP contribution in [0.25, 0.3) is 0 Å². The number of piperazine rings is 1. The molecular weight excluding hydrogens is 321 g/mol. The largest absolute Gasteiger partial charge is 0.336 e. The molecule has 1 fully saturated rings. The maximum atomic E-state index is 13.1. The van der Waals surface area contributed by atoms with Crippen molar-refractivity contribution in [3.05, 3.63) is 66.0 Å². The van der Waals surface area contributed by atoms with Gasteiger partial charge in [-0.3, -0.25) is 14.5 Å². The summed E-state index contributed by atoms with van der Waals surface area (Å²) in [6.45, 7) is 2.66. The average molecular weight is 341 g/mol.